The van der Waals surface area contributed by atoms with Gasteiger partial charge in [-0.25, -0.2) is 14.8 Å². The predicted octanol–water partition coefficient (Wildman–Crippen LogP) is 5.53. The number of amides is 1. The monoisotopic (exact) mass is 632 g/mol. The summed E-state index contributed by atoms with van der Waals surface area (Å²) in [5.41, 5.74) is 0.976. The number of aryl methyl sites for hydroxylation is 2. The number of nitrogens with zero attached hydrogens (tertiary/aromatic N) is 6. The highest BCUT2D eigenvalue weighted by atomic mass is 19.4. The molecule has 5 rings (SSSR count). The van der Waals surface area contributed by atoms with Crippen LogP contribution in [0.15, 0.2) is 71.8 Å². The molecule has 1 atom stereocenters. The second-order valence-corrected chi connectivity index (χ2v) is 11.0. The average Bonchev–Trinajstić information content (AvgIpc) is 2.99. The zero-order chi connectivity index (χ0) is 33.2. The Kier molecular flexibility index (Phi) is 9.00. The molecule has 5 aromatic rings. The van der Waals surface area contributed by atoms with E-state index in [9.17, 15) is 22.8 Å². The molecular weight excluding hydrogens is 601 g/mol. The first-order valence-electron chi connectivity index (χ1n) is 14.2. The number of alkyl halides is 3. The lowest BCUT2D eigenvalue weighted by Crippen LogP contribution is -2.28. The number of rotatable bonds is 9. The Balaban J connectivity index is 1.37. The quantitative estimate of drug-likeness (QED) is 0.216. The van der Waals surface area contributed by atoms with Crippen molar-refractivity contribution in [3.05, 3.63) is 99.9 Å². The molecule has 0 aliphatic carbocycles. The number of pyridine rings is 1. The minimum atomic E-state index is -4.59. The summed E-state index contributed by atoms with van der Waals surface area (Å²) in [4.78, 5) is 45.4. The smallest absolute Gasteiger partial charge is 0.416 e. The molecule has 0 fully saturated rings. The minimum absolute atomic E-state index is 0.0435. The first-order valence-corrected chi connectivity index (χ1v) is 14.2. The largest absolute Gasteiger partial charge is 0.473 e. The van der Waals surface area contributed by atoms with Crippen LogP contribution < -0.4 is 21.1 Å². The van der Waals surface area contributed by atoms with E-state index in [1.807, 2.05) is 25.9 Å². The Morgan fingerprint density at radius 3 is 2.46 bits per heavy atom. The molecule has 0 aliphatic heterocycles. The molecule has 1 unspecified atom stereocenters. The summed E-state index contributed by atoms with van der Waals surface area (Å²) in [7, 11) is 3.93. The number of ether oxygens (including phenoxy) is 1. The number of aromatic nitrogens is 5. The van der Waals surface area contributed by atoms with Crippen LogP contribution in [-0.2, 0) is 6.18 Å². The highest BCUT2D eigenvalue weighted by Crippen LogP contribution is 2.30. The summed E-state index contributed by atoms with van der Waals surface area (Å²) >= 11 is 0. The van der Waals surface area contributed by atoms with Crippen LogP contribution >= 0.6 is 0 Å². The maximum atomic E-state index is 13.3. The van der Waals surface area contributed by atoms with Crippen molar-refractivity contribution < 1.29 is 22.7 Å². The van der Waals surface area contributed by atoms with E-state index in [4.69, 9.17) is 4.74 Å². The average molecular weight is 633 g/mol. The van der Waals surface area contributed by atoms with Gasteiger partial charge in [0, 0.05) is 35.8 Å². The van der Waals surface area contributed by atoms with Crippen molar-refractivity contribution in [2.75, 3.05) is 31.3 Å². The van der Waals surface area contributed by atoms with Gasteiger partial charge in [0.05, 0.1) is 28.5 Å². The highest BCUT2D eigenvalue weighted by Gasteiger charge is 2.31. The van der Waals surface area contributed by atoms with Gasteiger partial charge in [-0.3, -0.25) is 9.36 Å². The number of carbonyl (C=O) groups is 1. The first-order chi connectivity index (χ1) is 21.8. The van der Waals surface area contributed by atoms with Gasteiger partial charge < -0.3 is 20.3 Å². The summed E-state index contributed by atoms with van der Waals surface area (Å²) in [5.74, 6) is -0.0403. The van der Waals surface area contributed by atoms with Gasteiger partial charge in [-0.05, 0) is 76.8 Å². The molecule has 2 N–H and O–H groups in total. The van der Waals surface area contributed by atoms with Crippen LogP contribution in [0.3, 0.4) is 0 Å². The highest BCUT2D eigenvalue weighted by molar-refractivity contribution is 6.04. The Labute approximate surface area is 262 Å². The number of halogens is 3. The number of nitrogens with one attached hydrogen (secondary N) is 2. The lowest BCUT2D eigenvalue weighted by molar-refractivity contribution is -0.137. The van der Waals surface area contributed by atoms with E-state index in [1.54, 1.807) is 56.6 Å². The summed E-state index contributed by atoms with van der Waals surface area (Å²) < 4.78 is 46.6. The van der Waals surface area contributed by atoms with E-state index >= 15 is 0 Å². The number of hydrogen-bond donors (Lipinski definition) is 2. The molecule has 46 heavy (non-hydrogen) atoms. The Bertz CT molecular complexity index is 1960. The van der Waals surface area contributed by atoms with Gasteiger partial charge in [-0.15, -0.1) is 0 Å². The number of anilines is 3. The Morgan fingerprint density at radius 2 is 1.76 bits per heavy atom. The van der Waals surface area contributed by atoms with E-state index in [-0.39, 0.29) is 29.0 Å². The molecule has 1 amide bonds. The molecule has 14 heteroatoms. The predicted molar refractivity (Wildman–Crippen MR) is 168 cm³/mol. The molecule has 11 nitrogen and oxygen atoms in total. The fourth-order valence-electron chi connectivity index (χ4n) is 4.84. The molecule has 0 saturated heterocycles. The third-order valence-electron chi connectivity index (χ3n) is 6.98. The second-order valence-electron chi connectivity index (χ2n) is 11.0. The first kappa shape index (κ1) is 32.0. The Morgan fingerprint density at radius 1 is 1.00 bits per heavy atom. The third-order valence-corrected chi connectivity index (χ3v) is 6.98. The van der Waals surface area contributed by atoms with Gasteiger partial charge >= 0.3 is 11.9 Å². The van der Waals surface area contributed by atoms with E-state index < -0.39 is 23.3 Å². The topological polar surface area (TPSA) is 127 Å². The molecule has 2 aromatic carbocycles. The van der Waals surface area contributed by atoms with Crippen molar-refractivity contribution >= 4 is 34.3 Å². The SMILES string of the molecule is Cc1ccc(NC(=O)c2cccc(C(F)(F)F)c2)cc1-n1c(C)c2cnc(Nc3ccc(OC(C)CN(C)C)nc3)nc2nc1=O. The fourth-order valence-corrected chi connectivity index (χ4v) is 4.84. The van der Waals surface area contributed by atoms with E-state index in [0.717, 1.165) is 18.7 Å². The molecule has 0 aliphatic rings. The van der Waals surface area contributed by atoms with E-state index in [1.165, 1.54) is 16.7 Å². The lowest BCUT2D eigenvalue weighted by atomic mass is 10.1. The van der Waals surface area contributed by atoms with Crippen LogP contribution in [0.2, 0.25) is 0 Å². The van der Waals surface area contributed by atoms with Crippen molar-refractivity contribution in [1.82, 2.24) is 29.4 Å². The maximum absolute atomic E-state index is 13.3. The molecule has 3 aromatic heterocycles. The lowest BCUT2D eigenvalue weighted by Gasteiger charge is -2.18. The molecule has 0 radical (unpaired) electrons. The number of carbonyl (C=O) groups excluding carboxylic acids is 1. The van der Waals surface area contributed by atoms with Gasteiger partial charge in [0.2, 0.25) is 11.8 Å². The summed E-state index contributed by atoms with van der Waals surface area (Å²) in [6.07, 6.45) is -1.49. The van der Waals surface area contributed by atoms with Crippen LogP contribution in [0.1, 0.15) is 34.1 Å². The van der Waals surface area contributed by atoms with Gasteiger partial charge in [0.25, 0.3) is 5.91 Å². The maximum Gasteiger partial charge on any atom is 0.416 e. The van der Waals surface area contributed by atoms with Crippen molar-refractivity contribution in [3.8, 4) is 11.6 Å². The van der Waals surface area contributed by atoms with Crippen LogP contribution in [0, 0.1) is 13.8 Å². The summed E-state index contributed by atoms with van der Waals surface area (Å²) in [6.45, 7) is 6.20. The van der Waals surface area contributed by atoms with Crippen LogP contribution in [0.4, 0.5) is 30.5 Å². The van der Waals surface area contributed by atoms with Gasteiger partial charge in [-0.2, -0.15) is 23.1 Å². The van der Waals surface area contributed by atoms with Crippen LogP contribution in [0.5, 0.6) is 5.88 Å². The van der Waals surface area contributed by atoms with Gasteiger partial charge in [-0.1, -0.05) is 12.1 Å². The number of fused-ring (bicyclic) bond motifs is 1. The molecule has 0 bridgehead atoms. The number of likely N-dealkylation sites (N-methyl/N-ethyl adjacent to an activating group) is 1. The van der Waals surface area contributed by atoms with Crippen molar-refractivity contribution in [1.29, 1.82) is 0 Å². The molecule has 0 saturated carbocycles. The zero-order valence-electron chi connectivity index (χ0n) is 25.7. The van der Waals surface area contributed by atoms with E-state index in [0.29, 0.717) is 33.9 Å². The normalized spacial score (nSPS) is 12.3. The Hall–Kier alpha value is -5.37. The number of benzene rings is 2. The molecule has 238 valence electrons. The van der Waals surface area contributed by atoms with E-state index in [2.05, 4.69) is 30.6 Å². The van der Waals surface area contributed by atoms with Crippen molar-refractivity contribution in [2.45, 2.75) is 33.1 Å². The molecule has 3 heterocycles. The molecular formula is C32H31F3N8O3. The number of hydrogen-bond acceptors (Lipinski definition) is 9. The van der Waals surface area contributed by atoms with Crippen LogP contribution in [0.25, 0.3) is 16.7 Å². The standard InChI is InChI=1S/C32H31F3N8O3/c1-18-9-10-23(38-29(44)21-7-6-8-22(13-21)32(33,34)35)14-26(18)43-20(3)25-16-37-30(40-28(25)41-31(43)45)39-24-11-12-27(36-15-24)46-19(2)17-42(4)5/h6-16,19H,17H2,1-5H3,(H,38,44)(H,39,40,41,45). The summed E-state index contributed by atoms with van der Waals surface area (Å²) in [6, 6.07) is 12.5. The second kappa shape index (κ2) is 12.9. The molecule has 0 spiro atoms. The van der Waals surface area contributed by atoms with Crippen molar-refractivity contribution in [3.63, 3.8) is 0 Å². The van der Waals surface area contributed by atoms with Crippen LogP contribution in [-0.4, -0.2) is 62.1 Å². The van der Waals surface area contributed by atoms with Gasteiger partial charge in [0.15, 0.2) is 5.65 Å². The third kappa shape index (κ3) is 7.29. The zero-order valence-corrected chi connectivity index (χ0v) is 25.7. The fraction of sp³-hybridized carbons (Fsp3) is 0.250. The van der Waals surface area contributed by atoms with Crippen molar-refractivity contribution in [2.24, 2.45) is 0 Å². The minimum Gasteiger partial charge on any atom is -0.473 e. The van der Waals surface area contributed by atoms with Gasteiger partial charge in [0.1, 0.15) is 6.10 Å². The summed E-state index contributed by atoms with van der Waals surface area (Å²) in [5, 5.41) is 6.18.